The van der Waals surface area contributed by atoms with E-state index in [1.807, 2.05) is 6.92 Å². The van der Waals surface area contributed by atoms with Crippen LogP contribution < -0.4 is 5.32 Å². The lowest BCUT2D eigenvalue weighted by Gasteiger charge is -2.21. The molecular weight excluding hydrogens is 206 g/mol. The van der Waals surface area contributed by atoms with Crippen LogP contribution in [0, 0.1) is 12.8 Å². The van der Waals surface area contributed by atoms with Gasteiger partial charge in [0.25, 0.3) is 0 Å². The van der Waals surface area contributed by atoms with Gasteiger partial charge in [0.15, 0.2) is 0 Å². The molecule has 1 aromatic heterocycles. The van der Waals surface area contributed by atoms with Crippen molar-refractivity contribution in [2.24, 2.45) is 5.92 Å². The summed E-state index contributed by atoms with van der Waals surface area (Å²) in [4.78, 5) is 4.29. The van der Waals surface area contributed by atoms with Gasteiger partial charge in [-0.25, -0.2) is 4.98 Å². The second kappa shape index (κ2) is 5.45. The molecule has 2 rings (SSSR count). The van der Waals surface area contributed by atoms with E-state index in [-0.39, 0.29) is 0 Å². The third kappa shape index (κ3) is 3.45. The van der Waals surface area contributed by atoms with Gasteiger partial charge in [-0.1, -0.05) is 32.1 Å². The average Bonchev–Trinajstić information content (AvgIpc) is 2.66. The van der Waals surface area contributed by atoms with E-state index in [4.69, 9.17) is 0 Å². The number of nitrogens with one attached hydrogen (secondary N) is 1. The van der Waals surface area contributed by atoms with E-state index in [1.165, 1.54) is 50.1 Å². The van der Waals surface area contributed by atoms with Crippen molar-refractivity contribution in [3.05, 3.63) is 5.82 Å². The van der Waals surface area contributed by atoms with Crippen molar-refractivity contribution in [1.29, 1.82) is 0 Å². The maximum atomic E-state index is 4.29. The molecule has 1 fully saturated rings. The van der Waals surface area contributed by atoms with Crippen LogP contribution >= 0.6 is 11.5 Å². The van der Waals surface area contributed by atoms with Gasteiger partial charge in [0, 0.05) is 18.1 Å². The fourth-order valence-corrected chi connectivity index (χ4v) is 2.83. The quantitative estimate of drug-likeness (QED) is 0.855. The highest BCUT2D eigenvalue weighted by atomic mass is 32.1. The zero-order chi connectivity index (χ0) is 10.5. The Labute approximate surface area is 95.5 Å². The average molecular weight is 225 g/mol. The van der Waals surface area contributed by atoms with Crippen molar-refractivity contribution in [3.63, 3.8) is 0 Å². The fraction of sp³-hybridized carbons (Fsp3) is 0.818. The van der Waals surface area contributed by atoms with Crippen molar-refractivity contribution >= 4 is 16.7 Å². The van der Waals surface area contributed by atoms with Crippen LogP contribution in [0.4, 0.5) is 5.13 Å². The molecule has 4 heteroatoms. The fourth-order valence-electron chi connectivity index (χ4n) is 2.23. The van der Waals surface area contributed by atoms with E-state index >= 15 is 0 Å². The Morgan fingerprint density at radius 1 is 1.33 bits per heavy atom. The van der Waals surface area contributed by atoms with E-state index in [0.29, 0.717) is 0 Å². The highest BCUT2D eigenvalue weighted by Crippen LogP contribution is 2.26. The Morgan fingerprint density at radius 3 is 2.80 bits per heavy atom. The summed E-state index contributed by atoms with van der Waals surface area (Å²) in [6, 6.07) is 0. The highest BCUT2D eigenvalue weighted by molar-refractivity contribution is 7.09. The van der Waals surface area contributed by atoms with Crippen LogP contribution in [0.1, 0.15) is 44.3 Å². The van der Waals surface area contributed by atoms with Crippen LogP contribution in [-0.4, -0.2) is 15.9 Å². The number of rotatable bonds is 4. The highest BCUT2D eigenvalue weighted by Gasteiger charge is 2.12. The summed E-state index contributed by atoms with van der Waals surface area (Å²) in [5.74, 6) is 1.82. The first-order valence-corrected chi connectivity index (χ1v) is 6.66. The minimum Gasteiger partial charge on any atom is -0.360 e. The normalized spacial score (nSPS) is 17.9. The molecule has 1 aliphatic carbocycles. The van der Waals surface area contributed by atoms with Gasteiger partial charge in [-0.05, 0) is 19.3 Å². The predicted octanol–water partition coefficient (Wildman–Crippen LogP) is 3.23. The van der Waals surface area contributed by atoms with Gasteiger partial charge < -0.3 is 5.32 Å². The Kier molecular flexibility index (Phi) is 3.94. The molecule has 1 saturated carbocycles. The Hall–Kier alpha value is -0.640. The molecule has 84 valence electrons. The molecule has 0 spiro atoms. The predicted molar refractivity (Wildman–Crippen MR) is 64.3 cm³/mol. The summed E-state index contributed by atoms with van der Waals surface area (Å²) >= 11 is 1.46. The molecule has 15 heavy (non-hydrogen) atoms. The monoisotopic (exact) mass is 225 g/mol. The van der Waals surface area contributed by atoms with E-state index in [0.717, 1.165) is 23.4 Å². The summed E-state index contributed by atoms with van der Waals surface area (Å²) in [6.07, 6.45) is 8.46. The van der Waals surface area contributed by atoms with Crippen LogP contribution in [0.2, 0.25) is 0 Å². The van der Waals surface area contributed by atoms with Crippen molar-refractivity contribution in [2.75, 3.05) is 11.9 Å². The smallest absolute Gasteiger partial charge is 0.202 e. The van der Waals surface area contributed by atoms with Gasteiger partial charge in [-0.15, -0.1) is 0 Å². The van der Waals surface area contributed by atoms with Crippen LogP contribution in [-0.2, 0) is 0 Å². The molecule has 0 radical (unpaired) electrons. The van der Waals surface area contributed by atoms with Crippen molar-refractivity contribution < 1.29 is 0 Å². The third-order valence-electron chi connectivity index (χ3n) is 3.08. The zero-order valence-corrected chi connectivity index (χ0v) is 10.1. The molecule has 1 heterocycles. The summed E-state index contributed by atoms with van der Waals surface area (Å²) in [7, 11) is 0. The lowest BCUT2D eigenvalue weighted by atomic mass is 9.87. The molecule has 1 N–H and O–H groups in total. The maximum absolute atomic E-state index is 4.29. The first-order chi connectivity index (χ1) is 7.34. The van der Waals surface area contributed by atoms with E-state index in [2.05, 4.69) is 14.7 Å². The molecule has 0 aliphatic heterocycles. The standard InChI is InChI=1S/C11H19N3S/c1-9-13-11(15-14-9)12-8-7-10-5-3-2-4-6-10/h10H,2-8H2,1H3,(H,12,13,14). The van der Waals surface area contributed by atoms with Gasteiger partial charge in [-0.2, -0.15) is 4.37 Å². The minimum atomic E-state index is 0.875. The summed E-state index contributed by atoms with van der Waals surface area (Å²) in [5.41, 5.74) is 0. The maximum Gasteiger partial charge on any atom is 0.202 e. The van der Waals surface area contributed by atoms with Gasteiger partial charge in [0.1, 0.15) is 5.82 Å². The molecule has 1 aromatic rings. The molecule has 1 aliphatic rings. The largest absolute Gasteiger partial charge is 0.360 e. The van der Waals surface area contributed by atoms with Gasteiger partial charge >= 0.3 is 0 Å². The van der Waals surface area contributed by atoms with Gasteiger partial charge in [0.2, 0.25) is 5.13 Å². The molecular formula is C11H19N3S. The first kappa shape index (κ1) is 10.9. The van der Waals surface area contributed by atoms with Crippen LogP contribution in [0.3, 0.4) is 0 Å². The second-order valence-corrected chi connectivity index (χ2v) is 5.12. The zero-order valence-electron chi connectivity index (χ0n) is 9.33. The summed E-state index contributed by atoms with van der Waals surface area (Å²) < 4.78 is 4.15. The topological polar surface area (TPSA) is 37.8 Å². The van der Waals surface area contributed by atoms with Gasteiger partial charge in [-0.3, -0.25) is 0 Å². The Bertz CT molecular complexity index is 292. The molecule has 0 aromatic carbocycles. The molecule has 0 atom stereocenters. The number of hydrogen-bond acceptors (Lipinski definition) is 4. The Morgan fingerprint density at radius 2 is 2.13 bits per heavy atom. The van der Waals surface area contributed by atoms with Crippen molar-refractivity contribution in [1.82, 2.24) is 9.36 Å². The molecule has 0 unspecified atom stereocenters. The number of aromatic nitrogens is 2. The third-order valence-corrected chi connectivity index (χ3v) is 3.85. The molecule has 0 saturated heterocycles. The number of nitrogens with zero attached hydrogens (tertiary/aromatic N) is 2. The first-order valence-electron chi connectivity index (χ1n) is 5.89. The lowest BCUT2D eigenvalue weighted by Crippen LogP contribution is -2.12. The minimum absolute atomic E-state index is 0.875. The van der Waals surface area contributed by atoms with Crippen LogP contribution in [0.5, 0.6) is 0 Å². The summed E-state index contributed by atoms with van der Waals surface area (Å²) in [5, 5.41) is 4.33. The number of aryl methyl sites for hydroxylation is 1. The Balaban J connectivity index is 1.65. The number of anilines is 1. The number of hydrogen-bond donors (Lipinski definition) is 1. The van der Waals surface area contributed by atoms with Crippen molar-refractivity contribution in [3.8, 4) is 0 Å². The second-order valence-electron chi connectivity index (χ2n) is 4.37. The molecule has 0 bridgehead atoms. The van der Waals surface area contributed by atoms with E-state index < -0.39 is 0 Å². The van der Waals surface area contributed by atoms with Crippen LogP contribution in [0.15, 0.2) is 0 Å². The molecule has 0 amide bonds. The van der Waals surface area contributed by atoms with Gasteiger partial charge in [0.05, 0.1) is 0 Å². The van der Waals surface area contributed by atoms with E-state index in [9.17, 15) is 0 Å². The van der Waals surface area contributed by atoms with Crippen LogP contribution in [0.25, 0.3) is 0 Å². The lowest BCUT2D eigenvalue weighted by molar-refractivity contribution is 0.345. The van der Waals surface area contributed by atoms with Crippen molar-refractivity contribution in [2.45, 2.75) is 45.4 Å². The summed E-state index contributed by atoms with van der Waals surface area (Å²) in [6.45, 7) is 2.99. The molecule has 3 nitrogen and oxygen atoms in total. The SMILES string of the molecule is Cc1nsc(NCCC2CCCCC2)n1. The van der Waals surface area contributed by atoms with E-state index in [1.54, 1.807) is 0 Å².